The van der Waals surface area contributed by atoms with Gasteiger partial charge in [0.05, 0.1) is 17.2 Å². The number of hydrogen-bond acceptors (Lipinski definition) is 6. The van der Waals surface area contributed by atoms with E-state index < -0.39 is 17.8 Å². The molecule has 3 aromatic rings. The van der Waals surface area contributed by atoms with E-state index >= 15 is 0 Å². The van der Waals surface area contributed by atoms with Gasteiger partial charge in [0, 0.05) is 31.1 Å². The fourth-order valence-corrected chi connectivity index (χ4v) is 4.25. The van der Waals surface area contributed by atoms with Crippen molar-refractivity contribution in [2.75, 3.05) is 18.6 Å². The van der Waals surface area contributed by atoms with Gasteiger partial charge in [-0.3, -0.25) is 4.90 Å². The van der Waals surface area contributed by atoms with E-state index in [1.54, 1.807) is 22.6 Å². The third kappa shape index (κ3) is 3.83. The Morgan fingerprint density at radius 2 is 1.88 bits per heavy atom. The number of nitriles is 1. The van der Waals surface area contributed by atoms with Crippen LogP contribution in [0, 0.1) is 11.3 Å². The van der Waals surface area contributed by atoms with Gasteiger partial charge in [0.2, 0.25) is 5.95 Å². The second-order valence-electron chi connectivity index (χ2n) is 8.23. The summed E-state index contributed by atoms with van der Waals surface area (Å²) < 4.78 is 47.0. The highest BCUT2D eigenvalue weighted by Crippen LogP contribution is 2.43. The summed E-state index contributed by atoms with van der Waals surface area (Å²) in [5.74, 6) is 0.686. The Labute approximate surface area is 194 Å². The van der Waals surface area contributed by atoms with Crippen LogP contribution in [0.25, 0.3) is 0 Å². The van der Waals surface area contributed by atoms with Crippen molar-refractivity contribution in [1.29, 1.82) is 5.26 Å². The standard InChI is InChI=1S/C24H21F3N6O/c1-14-19(11-28)22(16-8-6-15(7-9-16)20-12-29-20)33-23(30-21(31-33)13-34-2)32(14)18-5-3-4-17(10-18)24(25,26)27/h3-10,20,22,29H,12-13H2,1-2H3. The molecular weight excluding hydrogens is 445 g/mol. The topological polar surface area (TPSA) is 88.9 Å². The Morgan fingerprint density at radius 1 is 1.18 bits per heavy atom. The number of benzene rings is 2. The Morgan fingerprint density at radius 3 is 2.50 bits per heavy atom. The fourth-order valence-electron chi connectivity index (χ4n) is 4.25. The molecule has 2 aromatic carbocycles. The van der Waals surface area contributed by atoms with E-state index in [1.807, 2.05) is 24.3 Å². The summed E-state index contributed by atoms with van der Waals surface area (Å²) in [5.41, 5.74) is 2.30. The number of fused-ring (bicyclic) bond motifs is 1. The second-order valence-corrected chi connectivity index (χ2v) is 8.23. The van der Waals surface area contributed by atoms with E-state index in [0.717, 1.165) is 29.8 Å². The molecule has 174 valence electrons. The average Bonchev–Trinajstić information content (AvgIpc) is 3.59. The molecule has 2 unspecified atom stereocenters. The van der Waals surface area contributed by atoms with E-state index in [2.05, 4.69) is 21.5 Å². The van der Waals surface area contributed by atoms with Crippen molar-refractivity contribution in [2.24, 2.45) is 0 Å². The number of aromatic nitrogens is 3. The minimum Gasteiger partial charge on any atom is -0.377 e. The average molecular weight is 466 g/mol. The molecule has 7 nitrogen and oxygen atoms in total. The molecule has 0 bridgehead atoms. The summed E-state index contributed by atoms with van der Waals surface area (Å²) >= 11 is 0. The van der Waals surface area contributed by atoms with Crippen molar-refractivity contribution < 1.29 is 17.9 Å². The number of anilines is 2. The summed E-state index contributed by atoms with van der Waals surface area (Å²) in [7, 11) is 1.51. The summed E-state index contributed by atoms with van der Waals surface area (Å²) in [6.45, 7) is 2.77. The van der Waals surface area contributed by atoms with Crippen molar-refractivity contribution in [1.82, 2.24) is 20.1 Å². The molecule has 0 aliphatic carbocycles. The van der Waals surface area contributed by atoms with Crippen molar-refractivity contribution in [2.45, 2.75) is 31.8 Å². The molecule has 0 radical (unpaired) electrons. The molecule has 2 atom stereocenters. The van der Waals surface area contributed by atoms with Crippen LogP contribution in [0.15, 0.2) is 59.8 Å². The lowest BCUT2D eigenvalue weighted by molar-refractivity contribution is -0.137. The van der Waals surface area contributed by atoms with Crippen LogP contribution < -0.4 is 10.2 Å². The van der Waals surface area contributed by atoms with Gasteiger partial charge in [0.15, 0.2) is 5.82 Å². The summed E-state index contributed by atoms with van der Waals surface area (Å²) in [6, 6.07) is 14.9. The number of alkyl halides is 3. The van der Waals surface area contributed by atoms with Gasteiger partial charge in [0.1, 0.15) is 12.6 Å². The first kappa shape index (κ1) is 22.1. The van der Waals surface area contributed by atoms with E-state index in [-0.39, 0.29) is 12.3 Å². The van der Waals surface area contributed by atoms with Gasteiger partial charge >= 0.3 is 6.18 Å². The van der Waals surface area contributed by atoms with Crippen molar-refractivity contribution in [3.05, 3.63) is 82.3 Å². The van der Waals surface area contributed by atoms with Crippen LogP contribution in [-0.4, -0.2) is 28.4 Å². The predicted octanol–water partition coefficient (Wildman–Crippen LogP) is 4.63. The molecule has 0 saturated carbocycles. The quantitative estimate of drug-likeness (QED) is 0.552. The number of rotatable bonds is 5. The van der Waals surface area contributed by atoms with Gasteiger partial charge < -0.3 is 10.1 Å². The SMILES string of the molecule is COCc1nc2n(n1)C(c1ccc(C3CN3)cc1)C(C#N)=C(C)N2c1cccc(C(F)(F)F)c1. The molecule has 2 aliphatic rings. The van der Waals surface area contributed by atoms with E-state index in [1.165, 1.54) is 13.2 Å². The molecule has 1 saturated heterocycles. The number of nitrogens with zero attached hydrogens (tertiary/aromatic N) is 5. The molecule has 3 heterocycles. The van der Waals surface area contributed by atoms with Crippen molar-refractivity contribution in [3.63, 3.8) is 0 Å². The zero-order valence-corrected chi connectivity index (χ0v) is 18.5. The maximum absolute atomic E-state index is 13.4. The third-order valence-electron chi connectivity index (χ3n) is 5.99. The first-order valence-electron chi connectivity index (χ1n) is 10.7. The van der Waals surface area contributed by atoms with Crippen LogP contribution in [0.5, 0.6) is 0 Å². The Kier molecular flexibility index (Phi) is 5.38. The van der Waals surface area contributed by atoms with E-state index in [0.29, 0.717) is 29.1 Å². The minimum absolute atomic E-state index is 0.121. The number of ether oxygens (including phenoxy) is 1. The maximum Gasteiger partial charge on any atom is 0.416 e. The van der Waals surface area contributed by atoms with Crippen LogP contribution in [-0.2, 0) is 17.5 Å². The lowest BCUT2D eigenvalue weighted by Gasteiger charge is -2.34. The molecule has 1 fully saturated rings. The molecule has 10 heteroatoms. The van der Waals surface area contributed by atoms with E-state index in [9.17, 15) is 18.4 Å². The van der Waals surface area contributed by atoms with Crippen LogP contribution >= 0.6 is 0 Å². The van der Waals surface area contributed by atoms with Crippen molar-refractivity contribution >= 4 is 11.6 Å². The number of methoxy groups -OCH3 is 1. The molecule has 0 amide bonds. The molecule has 2 aliphatic heterocycles. The smallest absolute Gasteiger partial charge is 0.377 e. The predicted molar refractivity (Wildman–Crippen MR) is 118 cm³/mol. The minimum atomic E-state index is -4.50. The number of halogens is 3. The van der Waals surface area contributed by atoms with Crippen molar-refractivity contribution in [3.8, 4) is 6.07 Å². The number of nitrogens with one attached hydrogen (secondary N) is 1. The van der Waals surface area contributed by atoms with Gasteiger partial charge in [-0.1, -0.05) is 30.3 Å². The van der Waals surface area contributed by atoms with E-state index in [4.69, 9.17) is 4.74 Å². The van der Waals surface area contributed by atoms with Crippen LogP contribution in [0.1, 0.15) is 41.5 Å². The van der Waals surface area contributed by atoms with Gasteiger partial charge in [0.25, 0.3) is 0 Å². The first-order chi connectivity index (χ1) is 16.3. The molecule has 1 N–H and O–H groups in total. The zero-order chi connectivity index (χ0) is 24.0. The van der Waals surface area contributed by atoms with Crippen LogP contribution in [0.2, 0.25) is 0 Å². The fraction of sp³-hybridized carbons (Fsp3) is 0.292. The molecule has 34 heavy (non-hydrogen) atoms. The Bertz CT molecular complexity index is 1300. The highest BCUT2D eigenvalue weighted by atomic mass is 19.4. The van der Waals surface area contributed by atoms with Crippen LogP contribution in [0.4, 0.5) is 24.8 Å². The molecule has 0 spiro atoms. The lowest BCUT2D eigenvalue weighted by Crippen LogP contribution is -2.31. The highest BCUT2D eigenvalue weighted by Gasteiger charge is 2.37. The van der Waals surface area contributed by atoms with Gasteiger partial charge in [-0.2, -0.15) is 28.5 Å². The van der Waals surface area contributed by atoms with Gasteiger partial charge in [-0.15, -0.1) is 0 Å². The largest absolute Gasteiger partial charge is 0.416 e. The lowest BCUT2D eigenvalue weighted by atomic mass is 9.94. The van der Waals surface area contributed by atoms with Gasteiger partial charge in [-0.05, 0) is 36.2 Å². The number of allylic oxidation sites excluding steroid dienone is 2. The Balaban J connectivity index is 1.67. The summed E-state index contributed by atoms with van der Waals surface area (Å²) in [5, 5.41) is 17.9. The monoisotopic (exact) mass is 466 g/mol. The normalized spacial score (nSPS) is 19.7. The summed E-state index contributed by atoms with van der Waals surface area (Å²) in [4.78, 5) is 6.10. The Hall–Kier alpha value is -3.68. The molecule has 5 rings (SSSR count). The van der Waals surface area contributed by atoms with Crippen LogP contribution in [0.3, 0.4) is 0 Å². The summed E-state index contributed by atoms with van der Waals surface area (Å²) in [6.07, 6.45) is -4.50. The first-order valence-corrected chi connectivity index (χ1v) is 10.7. The molecular formula is C24H21F3N6O. The number of hydrogen-bond donors (Lipinski definition) is 1. The third-order valence-corrected chi connectivity index (χ3v) is 5.99. The molecule has 1 aromatic heterocycles. The van der Waals surface area contributed by atoms with Gasteiger partial charge in [-0.25, -0.2) is 4.68 Å². The second kappa shape index (κ2) is 8.27. The maximum atomic E-state index is 13.4. The highest BCUT2D eigenvalue weighted by molar-refractivity contribution is 5.68. The zero-order valence-electron chi connectivity index (χ0n) is 18.5.